The van der Waals surface area contributed by atoms with Gasteiger partial charge < -0.3 is 4.57 Å². The Morgan fingerprint density at radius 2 is 0.946 bits per heavy atom. The molecule has 264 valence electrons. The van der Waals surface area contributed by atoms with Gasteiger partial charge in [0.1, 0.15) is 0 Å². The SMILES string of the molecule is CC1(C)c2ccccc2-c2c(-c3cccc(-c4nc(-c5ccccc5)nc(-c5cccc(-n6c7ccccc7c7ccccc76)c5)n4)c3)cc3ccccc3c21. The lowest BCUT2D eigenvalue weighted by atomic mass is 9.79. The summed E-state index contributed by atoms with van der Waals surface area (Å²) in [6.07, 6.45) is 0. The molecule has 11 rings (SSSR count). The van der Waals surface area contributed by atoms with Crippen molar-refractivity contribution in [3.05, 3.63) is 193 Å². The Labute approximate surface area is 325 Å². The summed E-state index contributed by atoms with van der Waals surface area (Å²) in [5.41, 5.74) is 13.8. The molecule has 0 aliphatic heterocycles. The van der Waals surface area contributed by atoms with E-state index >= 15 is 0 Å². The average molecular weight is 717 g/mol. The van der Waals surface area contributed by atoms with Crippen molar-refractivity contribution in [2.24, 2.45) is 0 Å². The first-order chi connectivity index (χ1) is 27.5. The highest BCUT2D eigenvalue weighted by Crippen LogP contribution is 2.55. The third-order valence-electron chi connectivity index (χ3n) is 11.6. The van der Waals surface area contributed by atoms with Gasteiger partial charge in [0.2, 0.25) is 0 Å². The number of nitrogens with zero attached hydrogens (tertiary/aromatic N) is 4. The summed E-state index contributed by atoms with van der Waals surface area (Å²) in [5.74, 6) is 1.90. The summed E-state index contributed by atoms with van der Waals surface area (Å²) in [7, 11) is 0. The van der Waals surface area contributed by atoms with Crippen molar-refractivity contribution in [3.8, 4) is 62.1 Å². The lowest BCUT2D eigenvalue weighted by molar-refractivity contribution is 0.666. The average Bonchev–Trinajstić information content (AvgIpc) is 3.72. The molecule has 8 aromatic carbocycles. The molecule has 0 bridgehead atoms. The van der Waals surface area contributed by atoms with Crippen molar-refractivity contribution in [1.29, 1.82) is 0 Å². The molecule has 56 heavy (non-hydrogen) atoms. The first-order valence-corrected chi connectivity index (χ1v) is 19.2. The fraction of sp³-hybridized carbons (Fsp3) is 0.0577. The molecule has 0 unspecified atom stereocenters. The zero-order chi connectivity index (χ0) is 37.4. The summed E-state index contributed by atoms with van der Waals surface area (Å²) < 4.78 is 2.33. The van der Waals surface area contributed by atoms with E-state index in [9.17, 15) is 0 Å². The maximum atomic E-state index is 5.23. The van der Waals surface area contributed by atoms with Crippen LogP contribution in [-0.2, 0) is 5.41 Å². The number of aromatic nitrogens is 4. The van der Waals surface area contributed by atoms with Crippen molar-refractivity contribution >= 4 is 32.6 Å². The predicted octanol–water partition coefficient (Wildman–Crippen LogP) is 13.1. The molecule has 0 N–H and O–H groups in total. The van der Waals surface area contributed by atoms with Gasteiger partial charge in [0.15, 0.2) is 17.5 Å². The van der Waals surface area contributed by atoms with Crippen LogP contribution in [0.3, 0.4) is 0 Å². The summed E-state index contributed by atoms with van der Waals surface area (Å²) in [6.45, 7) is 4.72. The maximum absolute atomic E-state index is 5.23. The molecule has 0 spiro atoms. The molecule has 0 saturated carbocycles. The largest absolute Gasteiger partial charge is 0.309 e. The minimum Gasteiger partial charge on any atom is -0.309 e. The highest BCUT2D eigenvalue weighted by atomic mass is 15.0. The van der Waals surface area contributed by atoms with Gasteiger partial charge in [-0.1, -0.05) is 159 Å². The van der Waals surface area contributed by atoms with E-state index in [0.717, 1.165) is 39.0 Å². The number of para-hydroxylation sites is 2. The molecule has 2 heterocycles. The highest BCUT2D eigenvalue weighted by molar-refractivity contribution is 6.09. The normalized spacial score (nSPS) is 13.0. The second-order valence-corrected chi connectivity index (χ2v) is 15.2. The molecular weight excluding hydrogens is 681 g/mol. The molecule has 0 atom stereocenters. The van der Waals surface area contributed by atoms with Crippen LogP contribution in [-0.4, -0.2) is 19.5 Å². The van der Waals surface area contributed by atoms with Gasteiger partial charge in [-0.3, -0.25) is 0 Å². The number of rotatable bonds is 5. The van der Waals surface area contributed by atoms with E-state index in [4.69, 9.17) is 15.0 Å². The van der Waals surface area contributed by atoms with Gasteiger partial charge in [-0.15, -0.1) is 0 Å². The zero-order valence-electron chi connectivity index (χ0n) is 31.1. The van der Waals surface area contributed by atoms with Crippen LogP contribution >= 0.6 is 0 Å². The Kier molecular flexibility index (Phi) is 7.17. The number of hydrogen-bond acceptors (Lipinski definition) is 3. The van der Waals surface area contributed by atoms with Crippen LogP contribution in [0.15, 0.2) is 182 Å². The van der Waals surface area contributed by atoms with Crippen LogP contribution in [0, 0.1) is 0 Å². The molecule has 2 aromatic heterocycles. The lowest BCUT2D eigenvalue weighted by Crippen LogP contribution is -2.15. The van der Waals surface area contributed by atoms with Crippen LogP contribution in [0.4, 0.5) is 0 Å². The lowest BCUT2D eigenvalue weighted by Gasteiger charge is -2.24. The Bertz CT molecular complexity index is 3120. The highest BCUT2D eigenvalue weighted by Gasteiger charge is 2.38. The molecule has 4 heteroatoms. The molecule has 0 fully saturated rings. The van der Waals surface area contributed by atoms with E-state index in [1.54, 1.807) is 0 Å². The standard InChI is InChI=1S/C52H36N4/c1-52(2)44-27-11-8-26-42(44)47-43(32-35-18-6-7-23-39(35)48(47)52)34-19-14-20-36(30-34)50-53-49(33-16-4-3-5-17-33)54-51(55-50)37-21-15-22-38(31-37)56-45-28-12-9-24-40(45)41-25-10-13-29-46(41)56/h3-32H,1-2H3. The van der Waals surface area contributed by atoms with Crippen LogP contribution in [0.25, 0.3) is 94.7 Å². The van der Waals surface area contributed by atoms with Crippen LogP contribution < -0.4 is 0 Å². The Balaban J connectivity index is 1.10. The minimum absolute atomic E-state index is 0.138. The van der Waals surface area contributed by atoms with Crippen molar-refractivity contribution in [3.63, 3.8) is 0 Å². The first kappa shape index (κ1) is 32.3. The van der Waals surface area contributed by atoms with Crippen molar-refractivity contribution in [1.82, 2.24) is 19.5 Å². The summed E-state index contributed by atoms with van der Waals surface area (Å²) >= 11 is 0. The number of benzene rings is 8. The summed E-state index contributed by atoms with van der Waals surface area (Å²) in [5, 5.41) is 5.00. The fourth-order valence-corrected chi connectivity index (χ4v) is 9.05. The second-order valence-electron chi connectivity index (χ2n) is 15.2. The molecule has 0 radical (unpaired) electrons. The smallest absolute Gasteiger partial charge is 0.164 e. The minimum atomic E-state index is -0.138. The van der Waals surface area contributed by atoms with E-state index < -0.39 is 0 Å². The Hall–Kier alpha value is -7.17. The van der Waals surface area contributed by atoms with E-state index in [1.807, 2.05) is 18.2 Å². The molecule has 1 aliphatic carbocycles. The van der Waals surface area contributed by atoms with Gasteiger partial charge in [-0.25, -0.2) is 15.0 Å². The number of fused-ring (bicyclic) bond motifs is 8. The first-order valence-electron chi connectivity index (χ1n) is 19.2. The van der Waals surface area contributed by atoms with Gasteiger partial charge in [0, 0.05) is 38.6 Å². The summed E-state index contributed by atoms with van der Waals surface area (Å²) in [4.78, 5) is 15.5. The van der Waals surface area contributed by atoms with Gasteiger partial charge in [-0.05, 0) is 80.6 Å². The monoisotopic (exact) mass is 716 g/mol. The van der Waals surface area contributed by atoms with Crippen molar-refractivity contribution < 1.29 is 0 Å². The maximum Gasteiger partial charge on any atom is 0.164 e. The molecule has 4 nitrogen and oxygen atoms in total. The van der Waals surface area contributed by atoms with Crippen LogP contribution in [0.5, 0.6) is 0 Å². The van der Waals surface area contributed by atoms with Gasteiger partial charge in [0.25, 0.3) is 0 Å². The van der Waals surface area contributed by atoms with Crippen molar-refractivity contribution in [2.45, 2.75) is 19.3 Å². The van der Waals surface area contributed by atoms with Gasteiger partial charge in [-0.2, -0.15) is 0 Å². The number of hydrogen-bond donors (Lipinski definition) is 0. The second kappa shape index (κ2) is 12.4. The van der Waals surface area contributed by atoms with E-state index in [1.165, 1.54) is 49.4 Å². The molecule has 1 aliphatic rings. The Morgan fingerprint density at radius 1 is 0.411 bits per heavy atom. The van der Waals surface area contributed by atoms with E-state index in [-0.39, 0.29) is 5.41 Å². The van der Waals surface area contributed by atoms with E-state index in [0.29, 0.717) is 17.5 Å². The molecule has 0 saturated heterocycles. The zero-order valence-corrected chi connectivity index (χ0v) is 31.1. The van der Waals surface area contributed by atoms with Gasteiger partial charge in [0.05, 0.1) is 11.0 Å². The third kappa shape index (κ3) is 4.96. The van der Waals surface area contributed by atoms with E-state index in [2.05, 4.69) is 182 Å². The Morgan fingerprint density at radius 3 is 1.68 bits per heavy atom. The van der Waals surface area contributed by atoms with Crippen LogP contribution in [0.1, 0.15) is 25.0 Å². The predicted molar refractivity (Wildman–Crippen MR) is 231 cm³/mol. The third-order valence-corrected chi connectivity index (χ3v) is 11.6. The molecule has 0 amide bonds. The molecule has 10 aromatic rings. The quantitative estimate of drug-likeness (QED) is 0.178. The molecular formula is C52H36N4. The fourth-order valence-electron chi connectivity index (χ4n) is 9.05. The summed E-state index contributed by atoms with van der Waals surface area (Å²) in [6, 6.07) is 64.7. The van der Waals surface area contributed by atoms with Crippen molar-refractivity contribution in [2.75, 3.05) is 0 Å². The topological polar surface area (TPSA) is 43.6 Å². The van der Waals surface area contributed by atoms with Gasteiger partial charge >= 0.3 is 0 Å². The van der Waals surface area contributed by atoms with Crippen LogP contribution in [0.2, 0.25) is 0 Å².